The predicted molar refractivity (Wildman–Crippen MR) is 47.9 cm³/mol. The van der Waals surface area contributed by atoms with Crippen LogP contribution in [-0.4, -0.2) is 9.61 Å². The summed E-state index contributed by atoms with van der Waals surface area (Å²) in [7, 11) is 0. The van der Waals surface area contributed by atoms with Crippen LogP contribution in [0.1, 0.15) is 0 Å². The molecule has 2 rings (SSSR count). The van der Waals surface area contributed by atoms with Crippen molar-refractivity contribution in [2.24, 2.45) is 0 Å². The Bertz CT molecular complexity index is 360. The van der Waals surface area contributed by atoms with Gasteiger partial charge in [-0.3, -0.25) is 0 Å². The number of rotatable bonds is 0. The zero-order valence-corrected chi connectivity index (χ0v) is 7.80. The van der Waals surface area contributed by atoms with Crippen LogP contribution in [0.15, 0.2) is 29.0 Å². The summed E-state index contributed by atoms with van der Waals surface area (Å²) in [5.41, 5.74) is 0.918. The number of aromatic nitrogens is 2. The number of halogens is 2. The summed E-state index contributed by atoms with van der Waals surface area (Å²) < 4.78 is 2.61. The molecule has 2 heterocycles. The molecule has 0 amide bonds. The normalized spacial score (nSPS) is 10.7. The molecule has 4 heteroatoms. The molecule has 2 aromatic heterocycles. The van der Waals surface area contributed by atoms with E-state index < -0.39 is 0 Å². The highest BCUT2D eigenvalue weighted by Gasteiger charge is 2.03. The third-order valence-electron chi connectivity index (χ3n) is 1.44. The molecule has 2 aromatic rings. The number of hydrogen-bond donors (Lipinski definition) is 0. The summed E-state index contributed by atoms with van der Waals surface area (Å²) in [5, 5.41) is 4.80. The van der Waals surface area contributed by atoms with Gasteiger partial charge in [0.15, 0.2) is 0 Å². The third kappa shape index (κ3) is 1.04. The number of nitrogens with zero attached hydrogens (tertiary/aromatic N) is 2. The van der Waals surface area contributed by atoms with Crippen LogP contribution in [-0.2, 0) is 0 Å². The summed E-state index contributed by atoms with van der Waals surface area (Å²) in [4.78, 5) is 0. The van der Waals surface area contributed by atoms with E-state index in [4.69, 9.17) is 11.6 Å². The van der Waals surface area contributed by atoms with Gasteiger partial charge in [0.05, 0.1) is 10.5 Å². The summed E-state index contributed by atoms with van der Waals surface area (Å²) in [5.74, 6) is 0. The van der Waals surface area contributed by atoms with E-state index in [9.17, 15) is 0 Å². The van der Waals surface area contributed by atoms with Gasteiger partial charge in [0, 0.05) is 6.20 Å². The molecule has 11 heavy (non-hydrogen) atoms. The van der Waals surface area contributed by atoms with Crippen LogP contribution in [0.3, 0.4) is 0 Å². The van der Waals surface area contributed by atoms with Gasteiger partial charge in [0.25, 0.3) is 0 Å². The smallest absolute Gasteiger partial charge is 0.109 e. The van der Waals surface area contributed by atoms with E-state index in [-0.39, 0.29) is 0 Å². The monoisotopic (exact) mass is 230 g/mol. The Kier molecular flexibility index (Phi) is 1.62. The highest BCUT2D eigenvalue weighted by atomic mass is 79.9. The first-order valence-corrected chi connectivity index (χ1v) is 4.24. The Morgan fingerprint density at radius 1 is 1.55 bits per heavy atom. The molecular weight excluding hydrogens is 227 g/mol. The quantitative estimate of drug-likeness (QED) is 0.681. The van der Waals surface area contributed by atoms with Crippen LogP contribution in [0.25, 0.3) is 5.52 Å². The van der Waals surface area contributed by atoms with Crippen molar-refractivity contribution >= 4 is 33.0 Å². The molecule has 0 aliphatic carbocycles. The standard InChI is InChI=1S/C7H4BrClN2/c8-7-4-5(9)6-2-1-3-10-11(6)7/h1-4H. The van der Waals surface area contributed by atoms with Crippen LogP contribution in [0.5, 0.6) is 0 Å². The third-order valence-corrected chi connectivity index (χ3v) is 2.31. The molecule has 0 radical (unpaired) electrons. The molecule has 56 valence electrons. The molecule has 0 aliphatic heterocycles. The van der Waals surface area contributed by atoms with Crippen LogP contribution >= 0.6 is 27.5 Å². The minimum Gasteiger partial charge on any atom is -0.225 e. The molecule has 0 spiro atoms. The van der Waals surface area contributed by atoms with E-state index in [1.807, 2.05) is 18.2 Å². The molecule has 2 nitrogen and oxygen atoms in total. The molecular formula is C7H4BrClN2. The summed E-state index contributed by atoms with van der Waals surface area (Å²) in [6.45, 7) is 0. The van der Waals surface area contributed by atoms with Gasteiger partial charge in [-0.25, -0.2) is 4.52 Å². The van der Waals surface area contributed by atoms with E-state index in [0.29, 0.717) is 5.02 Å². The van der Waals surface area contributed by atoms with E-state index in [1.165, 1.54) is 0 Å². The largest absolute Gasteiger partial charge is 0.225 e. The maximum absolute atomic E-state index is 5.89. The van der Waals surface area contributed by atoms with E-state index in [2.05, 4.69) is 21.0 Å². The maximum atomic E-state index is 5.89. The Labute approximate surface area is 76.9 Å². The summed E-state index contributed by atoms with van der Waals surface area (Å²) in [6.07, 6.45) is 1.72. The SMILES string of the molecule is Clc1cc(Br)n2ncccc12. The molecule has 0 fully saturated rings. The van der Waals surface area contributed by atoms with Crippen molar-refractivity contribution in [2.45, 2.75) is 0 Å². The van der Waals surface area contributed by atoms with Crippen molar-refractivity contribution in [1.82, 2.24) is 9.61 Å². The zero-order chi connectivity index (χ0) is 7.84. The van der Waals surface area contributed by atoms with Crippen molar-refractivity contribution < 1.29 is 0 Å². The van der Waals surface area contributed by atoms with Crippen molar-refractivity contribution in [3.05, 3.63) is 34.0 Å². The summed E-state index contributed by atoms with van der Waals surface area (Å²) >= 11 is 9.22. The predicted octanol–water partition coefficient (Wildman–Crippen LogP) is 2.75. The van der Waals surface area contributed by atoms with Crippen LogP contribution in [0.2, 0.25) is 5.02 Å². The van der Waals surface area contributed by atoms with Crippen molar-refractivity contribution in [3.8, 4) is 0 Å². The molecule has 0 bridgehead atoms. The van der Waals surface area contributed by atoms with E-state index >= 15 is 0 Å². The van der Waals surface area contributed by atoms with E-state index in [0.717, 1.165) is 10.1 Å². The molecule has 0 saturated heterocycles. The second-order valence-corrected chi connectivity index (χ2v) is 3.36. The van der Waals surface area contributed by atoms with Gasteiger partial charge in [-0.05, 0) is 34.1 Å². The second kappa shape index (κ2) is 2.50. The Morgan fingerprint density at radius 3 is 3.09 bits per heavy atom. The highest BCUT2D eigenvalue weighted by molar-refractivity contribution is 9.10. The molecule has 0 saturated carbocycles. The Hall–Kier alpha value is -0.540. The molecule has 0 atom stereocenters. The van der Waals surface area contributed by atoms with Crippen LogP contribution < -0.4 is 0 Å². The van der Waals surface area contributed by atoms with E-state index in [1.54, 1.807) is 10.7 Å². The molecule has 0 aliphatic rings. The Balaban J connectivity index is 2.95. The first-order valence-electron chi connectivity index (χ1n) is 3.07. The van der Waals surface area contributed by atoms with Crippen molar-refractivity contribution in [1.29, 1.82) is 0 Å². The van der Waals surface area contributed by atoms with Crippen LogP contribution in [0.4, 0.5) is 0 Å². The lowest BCUT2D eigenvalue weighted by atomic mass is 10.4. The van der Waals surface area contributed by atoms with Gasteiger partial charge in [-0.15, -0.1) is 0 Å². The zero-order valence-electron chi connectivity index (χ0n) is 5.46. The highest BCUT2D eigenvalue weighted by Crippen LogP contribution is 2.23. The van der Waals surface area contributed by atoms with Gasteiger partial charge in [0.2, 0.25) is 0 Å². The fourth-order valence-corrected chi connectivity index (χ4v) is 1.85. The average Bonchev–Trinajstić information content (AvgIpc) is 2.30. The van der Waals surface area contributed by atoms with Gasteiger partial charge in [0.1, 0.15) is 4.60 Å². The summed E-state index contributed by atoms with van der Waals surface area (Å²) in [6, 6.07) is 5.59. The maximum Gasteiger partial charge on any atom is 0.109 e. The van der Waals surface area contributed by atoms with Gasteiger partial charge in [-0.1, -0.05) is 11.6 Å². The van der Waals surface area contributed by atoms with Crippen molar-refractivity contribution in [2.75, 3.05) is 0 Å². The number of fused-ring (bicyclic) bond motifs is 1. The lowest BCUT2D eigenvalue weighted by Crippen LogP contribution is -1.87. The lowest BCUT2D eigenvalue weighted by Gasteiger charge is -1.91. The fourth-order valence-electron chi connectivity index (χ4n) is 0.963. The van der Waals surface area contributed by atoms with Gasteiger partial charge >= 0.3 is 0 Å². The second-order valence-electron chi connectivity index (χ2n) is 2.14. The first-order chi connectivity index (χ1) is 5.29. The Morgan fingerprint density at radius 2 is 2.36 bits per heavy atom. The molecule has 0 aromatic carbocycles. The van der Waals surface area contributed by atoms with Gasteiger partial charge in [-0.2, -0.15) is 5.10 Å². The van der Waals surface area contributed by atoms with Gasteiger partial charge < -0.3 is 0 Å². The molecule has 0 unspecified atom stereocenters. The topological polar surface area (TPSA) is 17.3 Å². The van der Waals surface area contributed by atoms with Crippen LogP contribution in [0, 0.1) is 0 Å². The first kappa shape index (κ1) is 7.13. The fraction of sp³-hybridized carbons (Fsp3) is 0. The minimum absolute atomic E-state index is 0.713. The molecule has 0 N–H and O–H groups in total. The lowest BCUT2D eigenvalue weighted by molar-refractivity contribution is 0.919. The average molecular weight is 231 g/mol. The minimum atomic E-state index is 0.713. The van der Waals surface area contributed by atoms with Crippen molar-refractivity contribution in [3.63, 3.8) is 0 Å². The number of hydrogen-bond acceptors (Lipinski definition) is 1.